The number of hydrogen-bond donors (Lipinski definition) is 2. The number of carbonyl (C=O) groups is 1. The highest BCUT2D eigenvalue weighted by atomic mass is 32.2. The summed E-state index contributed by atoms with van der Waals surface area (Å²) in [7, 11) is 0. The third kappa shape index (κ3) is 5.23. The fourth-order valence-corrected chi connectivity index (χ4v) is 2.53. The maximum Gasteiger partial charge on any atom is 0.230 e. The number of aryl methyl sites for hydroxylation is 2. The van der Waals surface area contributed by atoms with Gasteiger partial charge in [-0.1, -0.05) is 43.0 Å². The van der Waals surface area contributed by atoms with Gasteiger partial charge in [0.25, 0.3) is 0 Å². The maximum absolute atomic E-state index is 11.7. The third-order valence-corrected chi connectivity index (χ3v) is 3.92. The number of benzene rings is 1. The summed E-state index contributed by atoms with van der Waals surface area (Å²) in [6.45, 7) is 4.63. The van der Waals surface area contributed by atoms with Gasteiger partial charge in [0.1, 0.15) is 5.82 Å². The highest BCUT2D eigenvalue weighted by Gasteiger charge is 2.05. The number of nitrogens with zero attached hydrogens (tertiary/aromatic N) is 2. The van der Waals surface area contributed by atoms with Crippen LogP contribution in [0.4, 0.5) is 0 Å². The Balaban J connectivity index is 1.66. The first kappa shape index (κ1) is 15.6. The summed E-state index contributed by atoms with van der Waals surface area (Å²) < 4.78 is 0. The number of aromatic nitrogens is 3. The molecule has 1 aromatic heterocycles. The first-order valence-corrected chi connectivity index (χ1v) is 8.02. The number of carbonyl (C=O) groups excluding carboxylic acids is 1. The van der Waals surface area contributed by atoms with Gasteiger partial charge in [-0.15, -0.1) is 5.10 Å². The molecule has 0 aliphatic rings. The molecule has 2 aromatic rings. The van der Waals surface area contributed by atoms with Crippen LogP contribution < -0.4 is 5.32 Å². The molecule has 1 heterocycles. The van der Waals surface area contributed by atoms with Gasteiger partial charge >= 0.3 is 0 Å². The molecular formula is C15H20N4OS. The molecule has 0 saturated heterocycles. The van der Waals surface area contributed by atoms with Crippen LogP contribution in [0, 0.1) is 6.92 Å². The maximum atomic E-state index is 11.7. The zero-order chi connectivity index (χ0) is 15.1. The average molecular weight is 304 g/mol. The summed E-state index contributed by atoms with van der Waals surface area (Å²) in [5.41, 5.74) is 2.57. The Kier molecular flexibility index (Phi) is 5.80. The molecule has 21 heavy (non-hydrogen) atoms. The van der Waals surface area contributed by atoms with Gasteiger partial charge in [-0.2, -0.15) is 0 Å². The van der Waals surface area contributed by atoms with E-state index in [1.807, 2.05) is 6.92 Å². The van der Waals surface area contributed by atoms with Gasteiger partial charge in [-0.05, 0) is 30.9 Å². The molecule has 0 aliphatic carbocycles. The summed E-state index contributed by atoms with van der Waals surface area (Å²) in [6.07, 6.45) is 1.90. The Labute approximate surface area is 128 Å². The number of hydrogen-bond acceptors (Lipinski definition) is 4. The van der Waals surface area contributed by atoms with E-state index in [0.29, 0.717) is 17.5 Å². The van der Waals surface area contributed by atoms with Crippen LogP contribution in [0.2, 0.25) is 0 Å². The van der Waals surface area contributed by atoms with E-state index in [1.165, 1.54) is 22.9 Å². The number of amides is 1. The number of aromatic amines is 1. The number of H-pyrrole nitrogens is 1. The van der Waals surface area contributed by atoms with E-state index in [1.54, 1.807) is 0 Å². The van der Waals surface area contributed by atoms with Crippen molar-refractivity contribution in [2.75, 3.05) is 12.3 Å². The van der Waals surface area contributed by atoms with Crippen LogP contribution in [0.25, 0.3) is 0 Å². The third-order valence-electron chi connectivity index (χ3n) is 3.08. The van der Waals surface area contributed by atoms with Gasteiger partial charge in [0.2, 0.25) is 11.1 Å². The van der Waals surface area contributed by atoms with Crippen molar-refractivity contribution >= 4 is 17.7 Å². The topological polar surface area (TPSA) is 70.7 Å². The van der Waals surface area contributed by atoms with Crippen molar-refractivity contribution in [1.82, 2.24) is 20.5 Å². The Bertz CT molecular complexity index is 580. The minimum absolute atomic E-state index is 0.00707. The molecule has 0 bridgehead atoms. The first-order chi connectivity index (χ1) is 10.2. The lowest BCUT2D eigenvalue weighted by atomic mass is 10.1. The molecular weight excluding hydrogens is 284 g/mol. The average Bonchev–Trinajstić information content (AvgIpc) is 2.91. The van der Waals surface area contributed by atoms with E-state index < -0.39 is 0 Å². The predicted molar refractivity (Wildman–Crippen MR) is 84.4 cm³/mol. The van der Waals surface area contributed by atoms with Gasteiger partial charge in [0, 0.05) is 6.54 Å². The molecule has 0 spiro atoms. The molecule has 0 fully saturated rings. The second-order valence-corrected chi connectivity index (χ2v) is 5.70. The summed E-state index contributed by atoms with van der Waals surface area (Å²) in [6, 6.07) is 8.52. The number of thioether (sulfide) groups is 1. The standard InChI is InChI=1S/C15H20N4OS/c1-3-12-4-6-13(7-5-12)8-9-16-14(20)10-21-15-17-11(2)18-19-15/h4-7H,3,8-10H2,1-2H3,(H,16,20)(H,17,18,19). The number of rotatable bonds is 7. The highest BCUT2D eigenvalue weighted by Crippen LogP contribution is 2.11. The Morgan fingerprint density at radius 2 is 2.00 bits per heavy atom. The van der Waals surface area contributed by atoms with Gasteiger partial charge in [-0.3, -0.25) is 9.89 Å². The summed E-state index contributed by atoms with van der Waals surface area (Å²) in [4.78, 5) is 15.9. The minimum atomic E-state index is 0.00707. The zero-order valence-corrected chi connectivity index (χ0v) is 13.2. The first-order valence-electron chi connectivity index (χ1n) is 7.03. The monoisotopic (exact) mass is 304 g/mol. The summed E-state index contributed by atoms with van der Waals surface area (Å²) in [5.74, 6) is 1.10. The lowest BCUT2D eigenvalue weighted by Gasteiger charge is -2.05. The fourth-order valence-electron chi connectivity index (χ4n) is 1.86. The zero-order valence-electron chi connectivity index (χ0n) is 12.3. The quantitative estimate of drug-likeness (QED) is 0.769. The largest absolute Gasteiger partial charge is 0.355 e. The van der Waals surface area contributed by atoms with Crippen molar-refractivity contribution in [2.24, 2.45) is 0 Å². The second-order valence-electron chi connectivity index (χ2n) is 4.76. The normalized spacial score (nSPS) is 10.6. The fraction of sp³-hybridized carbons (Fsp3) is 0.400. The van der Waals surface area contributed by atoms with Crippen molar-refractivity contribution in [2.45, 2.75) is 31.8 Å². The van der Waals surface area contributed by atoms with E-state index in [9.17, 15) is 4.79 Å². The van der Waals surface area contributed by atoms with E-state index in [2.05, 4.69) is 51.7 Å². The molecule has 112 valence electrons. The second kappa shape index (κ2) is 7.83. The van der Waals surface area contributed by atoms with Crippen LogP contribution in [0.15, 0.2) is 29.4 Å². The van der Waals surface area contributed by atoms with Crippen molar-refractivity contribution in [3.8, 4) is 0 Å². The van der Waals surface area contributed by atoms with Crippen molar-refractivity contribution in [3.63, 3.8) is 0 Å². The van der Waals surface area contributed by atoms with Crippen molar-refractivity contribution < 1.29 is 4.79 Å². The lowest BCUT2D eigenvalue weighted by molar-refractivity contribution is -0.118. The Morgan fingerprint density at radius 3 is 2.62 bits per heavy atom. The summed E-state index contributed by atoms with van der Waals surface area (Å²) in [5, 5.41) is 10.3. The van der Waals surface area contributed by atoms with Crippen LogP contribution in [0.1, 0.15) is 23.9 Å². The van der Waals surface area contributed by atoms with Crippen LogP contribution in [-0.2, 0) is 17.6 Å². The number of nitrogens with one attached hydrogen (secondary N) is 2. The minimum Gasteiger partial charge on any atom is -0.355 e. The van der Waals surface area contributed by atoms with Gasteiger partial charge in [0.05, 0.1) is 5.75 Å². The van der Waals surface area contributed by atoms with Crippen LogP contribution >= 0.6 is 11.8 Å². The highest BCUT2D eigenvalue weighted by molar-refractivity contribution is 7.99. The molecule has 1 aromatic carbocycles. The van der Waals surface area contributed by atoms with Crippen LogP contribution in [-0.4, -0.2) is 33.4 Å². The smallest absolute Gasteiger partial charge is 0.230 e. The molecule has 2 rings (SSSR count). The van der Waals surface area contributed by atoms with Crippen molar-refractivity contribution in [3.05, 3.63) is 41.2 Å². The SMILES string of the molecule is CCc1ccc(CCNC(=O)CSc2n[nH]c(C)n2)cc1. The Hall–Kier alpha value is -1.82. The van der Waals surface area contributed by atoms with Gasteiger partial charge < -0.3 is 5.32 Å². The van der Waals surface area contributed by atoms with Gasteiger partial charge in [0.15, 0.2) is 0 Å². The molecule has 6 heteroatoms. The predicted octanol–water partition coefficient (Wildman–Crippen LogP) is 2.13. The van der Waals surface area contributed by atoms with Crippen LogP contribution in [0.5, 0.6) is 0 Å². The van der Waals surface area contributed by atoms with E-state index in [4.69, 9.17) is 0 Å². The van der Waals surface area contributed by atoms with Crippen LogP contribution in [0.3, 0.4) is 0 Å². The van der Waals surface area contributed by atoms with E-state index >= 15 is 0 Å². The van der Waals surface area contributed by atoms with E-state index in [0.717, 1.165) is 18.7 Å². The molecule has 0 radical (unpaired) electrons. The van der Waals surface area contributed by atoms with E-state index in [-0.39, 0.29) is 5.91 Å². The molecule has 0 unspecified atom stereocenters. The molecule has 0 aliphatic heterocycles. The molecule has 0 atom stereocenters. The van der Waals surface area contributed by atoms with Crippen molar-refractivity contribution in [1.29, 1.82) is 0 Å². The summed E-state index contributed by atoms with van der Waals surface area (Å²) >= 11 is 1.34. The Morgan fingerprint density at radius 1 is 1.29 bits per heavy atom. The molecule has 0 saturated carbocycles. The molecule has 1 amide bonds. The lowest BCUT2D eigenvalue weighted by Crippen LogP contribution is -2.27. The molecule has 2 N–H and O–H groups in total. The van der Waals surface area contributed by atoms with Gasteiger partial charge in [-0.25, -0.2) is 4.98 Å². The molecule has 5 nitrogen and oxygen atoms in total.